The van der Waals surface area contributed by atoms with Crippen molar-refractivity contribution in [1.29, 1.82) is 0 Å². The van der Waals surface area contributed by atoms with Crippen molar-refractivity contribution in [2.24, 2.45) is 22.9 Å². The molecule has 0 spiro atoms. The number of benzene rings is 3. The van der Waals surface area contributed by atoms with Gasteiger partial charge in [0.2, 0.25) is 11.7 Å². The summed E-state index contributed by atoms with van der Waals surface area (Å²) in [6.07, 6.45) is 11.4. The number of anilines is 1. The molecular formula is C45H54N2O7S. The zero-order valence-electron chi connectivity index (χ0n) is 31.7. The van der Waals surface area contributed by atoms with Gasteiger partial charge >= 0.3 is 0 Å². The Kier molecular flexibility index (Phi) is 14.3. The number of unbranched alkanes of at least 4 members (excludes halogenated alkanes) is 2. The Morgan fingerprint density at radius 3 is 2.44 bits per heavy atom. The maximum absolute atomic E-state index is 11.8. The molecule has 10 heteroatoms. The number of oxime groups is 1. The average molecular weight is 767 g/mol. The Morgan fingerprint density at radius 1 is 0.982 bits per heavy atom. The summed E-state index contributed by atoms with van der Waals surface area (Å²) in [6.45, 7) is 10.7. The topological polar surface area (TPSA) is 119 Å². The van der Waals surface area contributed by atoms with Crippen molar-refractivity contribution in [2.75, 3.05) is 31.7 Å². The number of hydrogen-bond acceptors (Lipinski definition) is 9. The second-order valence-electron chi connectivity index (χ2n) is 14.4. The minimum atomic E-state index is -1.12. The lowest BCUT2D eigenvalue weighted by molar-refractivity contribution is -0.223. The molecule has 292 valence electrons. The van der Waals surface area contributed by atoms with E-state index < -0.39 is 5.79 Å². The van der Waals surface area contributed by atoms with Crippen LogP contribution in [0.5, 0.6) is 11.5 Å². The van der Waals surface area contributed by atoms with E-state index in [0.29, 0.717) is 26.1 Å². The largest absolute Gasteiger partial charge is 0.490 e. The Hall–Kier alpha value is -4.35. The van der Waals surface area contributed by atoms with Crippen LogP contribution < -0.4 is 14.8 Å². The molecule has 0 bridgehead atoms. The second kappa shape index (κ2) is 19.5. The molecule has 3 aliphatic rings. The molecular weight excluding hydrogens is 713 g/mol. The van der Waals surface area contributed by atoms with Crippen LogP contribution in [-0.2, 0) is 21.0 Å². The lowest BCUT2D eigenvalue weighted by atomic mass is 9.56. The molecule has 1 amide bonds. The van der Waals surface area contributed by atoms with Crippen LogP contribution in [0.4, 0.5) is 5.69 Å². The lowest BCUT2D eigenvalue weighted by Gasteiger charge is -2.58. The van der Waals surface area contributed by atoms with Gasteiger partial charge in [0.25, 0.3) is 0 Å². The predicted molar refractivity (Wildman–Crippen MR) is 218 cm³/mol. The van der Waals surface area contributed by atoms with Gasteiger partial charge in [0, 0.05) is 48.6 Å². The van der Waals surface area contributed by atoms with Crippen LogP contribution in [-0.4, -0.2) is 59.3 Å². The van der Waals surface area contributed by atoms with Gasteiger partial charge in [-0.3, -0.25) is 4.79 Å². The normalized spacial score (nSPS) is 24.5. The first-order chi connectivity index (χ1) is 26.9. The molecule has 55 heavy (non-hydrogen) atoms. The molecule has 0 saturated heterocycles. The summed E-state index contributed by atoms with van der Waals surface area (Å²) in [4.78, 5) is 19.0. The smallest absolute Gasteiger partial charge is 0.231 e. The predicted octanol–water partition coefficient (Wildman–Crippen LogP) is 8.84. The van der Waals surface area contributed by atoms with Gasteiger partial charge in [0.05, 0.1) is 23.5 Å². The fourth-order valence-corrected chi connectivity index (χ4v) is 9.70. The molecule has 6 rings (SSSR count). The maximum Gasteiger partial charge on any atom is 0.231 e. The fraction of sp³-hybridized carbons (Fsp3) is 0.422. The quantitative estimate of drug-likeness (QED) is 0.0594. The van der Waals surface area contributed by atoms with Gasteiger partial charge in [-0.2, -0.15) is 0 Å². The molecule has 1 heterocycles. The minimum Gasteiger partial charge on any atom is -0.490 e. The van der Waals surface area contributed by atoms with Crippen molar-refractivity contribution in [3.8, 4) is 11.5 Å². The number of carbonyl (C=O) groups is 1. The Bertz CT molecular complexity index is 1810. The third kappa shape index (κ3) is 9.55. The van der Waals surface area contributed by atoms with Gasteiger partial charge in [0.15, 0.2) is 0 Å². The fourth-order valence-electron chi connectivity index (χ4n) is 8.41. The van der Waals surface area contributed by atoms with E-state index >= 15 is 0 Å². The van der Waals surface area contributed by atoms with Crippen molar-refractivity contribution in [1.82, 2.24) is 0 Å². The molecule has 3 N–H and O–H groups in total. The molecule has 1 saturated carbocycles. The summed E-state index contributed by atoms with van der Waals surface area (Å²) >= 11 is 1.67. The number of aliphatic hydroxyl groups excluding tert-OH is 2. The van der Waals surface area contributed by atoms with E-state index in [1.54, 1.807) is 23.9 Å². The molecule has 1 fully saturated rings. The highest BCUT2D eigenvalue weighted by molar-refractivity contribution is 8.00. The summed E-state index contributed by atoms with van der Waals surface area (Å²) in [5, 5.41) is 27.2. The molecule has 9 nitrogen and oxygen atoms in total. The van der Waals surface area contributed by atoms with E-state index in [1.165, 1.54) is 6.92 Å². The molecule has 3 aromatic carbocycles. The highest BCUT2D eigenvalue weighted by atomic mass is 32.2. The first-order valence-electron chi connectivity index (χ1n) is 19.4. The van der Waals surface area contributed by atoms with E-state index in [4.69, 9.17) is 24.2 Å². The van der Waals surface area contributed by atoms with E-state index in [1.807, 2.05) is 66.7 Å². The SMILES string of the molecule is C=CCOc1ccc2c(c1)[C@H]1[C@H](CCCCO)[C@@H](CCCCO)C=C3C(=NOCc4ccccc4)C[C@H](Sc4ccc(NC(C)=O)cc4)[C@@](OCC=C)(O2)[C@H]31. The highest BCUT2D eigenvalue weighted by Gasteiger charge is 2.64. The van der Waals surface area contributed by atoms with Crippen LogP contribution in [0.3, 0.4) is 0 Å². The van der Waals surface area contributed by atoms with Crippen LogP contribution in [0.15, 0.2) is 120 Å². The van der Waals surface area contributed by atoms with Gasteiger partial charge < -0.3 is 34.6 Å². The van der Waals surface area contributed by atoms with Crippen molar-refractivity contribution >= 4 is 29.1 Å². The van der Waals surface area contributed by atoms with Gasteiger partial charge in [0.1, 0.15) is 24.7 Å². The number of ether oxygens (including phenoxy) is 3. The summed E-state index contributed by atoms with van der Waals surface area (Å²) in [6, 6.07) is 23.9. The number of carbonyl (C=O) groups excluding carboxylic acids is 1. The van der Waals surface area contributed by atoms with Gasteiger partial charge in [-0.25, -0.2) is 0 Å². The number of allylic oxidation sites excluding steroid dienone is 1. The van der Waals surface area contributed by atoms with Crippen LogP contribution in [0.2, 0.25) is 0 Å². The summed E-state index contributed by atoms with van der Waals surface area (Å²) in [7, 11) is 0. The minimum absolute atomic E-state index is 0.0523. The molecule has 0 unspecified atom stereocenters. The number of thioether (sulfide) groups is 1. The van der Waals surface area contributed by atoms with E-state index in [2.05, 4.69) is 30.6 Å². The van der Waals surface area contributed by atoms with Gasteiger partial charge in [-0.1, -0.05) is 73.1 Å². The van der Waals surface area contributed by atoms with E-state index in [0.717, 1.165) is 76.6 Å². The number of aliphatic hydroxyl groups is 2. The van der Waals surface area contributed by atoms with Gasteiger partial charge in [-0.05, 0) is 91.1 Å². The van der Waals surface area contributed by atoms with Crippen LogP contribution in [0.1, 0.15) is 68.9 Å². The standard InChI is InChI=1S/C45H54N2O7S/c1-4-25-51-35-19-22-41-39(28-35)43-37(16-10-12-24-49)33(15-9-11-23-48)27-38-40(47-53-30-32-13-7-6-8-14-32)29-42(45(54-41,44(38)43)52-26-5-2)55-36-20-17-34(18-21-36)46-31(3)50/h4-8,13-14,17-22,27-28,33,37,42-44,48-49H,1-2,9-12,15-16,23-26,29-30H2,3H3,(H,46,50)/t33-,37+,42-,43+,44+,45+/m0/s1. The van der Waals surface area contributed by atoms with Crippen molar-refractivity contribution in [3.63, 3.8) is 0 Å². The molecule has 1 aliphatic heterocycles. The zero-order valence-corrected chi connectivity index (χ0v) is 32.6. The monoisotopic (exact) mass is 766 g/mol. The number of amides is 1. The second-order valence-corrected chi connectivity index (χ2v) is 15.7. The van der Waals surface area contributed by atoms with Crippen LogP contribution in [0, 0.1) is 17.8 Å². The van der Waals surface area contributed by atoms with E-state index in [-0.39, 0.29) is 54.6 Å². The van der Waals surface area contributed by atoms with Gasteiger partial charge in [-0.15, -0.1) is 18.3 Å². The van der Waals surface area contributed by atoms with E-state index in [9.17, 15) is 15.0 Å². The summed E-state index contributed by atoms with van der Waals surface area (Å²) < 4.78 is 20.4. The summed E-state index contributed by atoms with van der Waals surface area (Å²) in [5.41, 5.74) is 4.74. The average Bonchev–Trinajstić information content (AvgIpc) is 3.19. The van der Waals surface area contributed by atoms with Crippen molar-refractivity contribution in [3.05, 3.63) is 121 Å². The highest BCUT2D eigenvalue weighted by Crippen LogP contribution is 2.63. The molecule has 6 atom stereocenters. The van der Waals surface area contributed by atoms with Crippen LogP contribution >= 0.6 is 11.8 Å². The summed E-state index contributed by atoms with van der Waals surface area (Å²) in [5.74, 6) is 0.277. The number of rotatable bonds is 20. The lowest BCUT2D eigenvalue weighted by Crippen LogP contribution is -2.64. The van der Waals surface area contributed by atoms with Crippen molar-refractivity contribution in [2.45, 2.75) is 80.3 Å². The Morgan fingerprint density at radius 2 is 1.73 bits per heavy atom. The number of nitrogens with one attached hydrogen (secondary N) is 1. The maximum atomic E-state index is 11.8. The third-order valence-corrected chi connectivity index (χ3v) is 12.0. The first-order valence-corrected chi connectivity index (χ1v) is 20.3. The number of nitrogens with zero attached hydrogens (tertiary/aromatic N) is 1. The Balaban J connectivity index is 1.52. The van der Waals surface area contributed by atoms with Crippen molar-refractivity contribution < 1.29 is 34.1 Å². The zero-order chi connectivity index (χ0) is 38.6. The molecule has 3 aromatic rings. The first kappa shape index (κ1) is 40.3. The molecule has 0 aromatic heterocycles. The van der Waals surface area contributed by atoms with Crippen LogP contribution in [0.25, 0.3) is 0 Å². The molecule has 0 radical (unpaired) electrons. The number of hydrogen-bond donors (Lipinski definition) is 3. The Labute approximate surface area is 329 Å². The molecule has 2 aliphatic carbocycles. The third-order valence-electron chi connectivity index (χ3n) is 10.7. The number of fused-ring (bicyclic) bond motifs is 2.